The molecule has 2 aromatic rings. The number of hydrogen-bond acceptors (Lipinski definition) is 7. The average molecular weight is 366 g/mol. The Morgan fingerprint density at radius 2 is 2.04 bits per heavy atom. The summed E-state index contributed by atoms with van der Waals surface area (Å²) in [7, 11) is 1.77. The van der Waals surface area contributed by atoms with E-state index in [4.69, 9.17) is 24.9 Å². The largest absolute Gasteiger partial charge is 0.490 e. The highest BCUT2D eigenvalue weighted by Gasteiger charge is 2.55. The lowest BCUT2D eigenvalue weighted by Gasteiger charge is -2.47. The fourth-order valence-electron chi connectivity index (χ4n) is 4.70. The van der Waals surface area contributed by atoms with Crippen molar-refractivity contribution in [3.05, 3.63) is 42.5 Å². The monoisotopic (exact) mass is 366 g/mol. The molecule has 1 spiro atoms. The van der Waals surface area contributed by atoms with E-state index in [0.717, 1.165) is 41.7 Å². The normalized spacial score (nSPS) is 31.4. The van der Waals surface area contributed by atoms with Crippen LogP contribution in [0.5, 0.6) is 5.75 Å². The number of methoxy groups -OCH3 is 1. The maximum absolute atomic E-state index is 6.39. The van der Waals surface area contributed by atoms with E-state index in [-0.39, 0.29) is 24.1 Å². The molecule has 140 valence electrons. The third-order valence-corrected chi connectivity index (χ3v) is 6.05. The molecule has 7 heteroatoms. The number of hydrogen-bond donors (Lipinski definition) is 1. The molecule has 1 unspecified atom stereocenters. The molecule has 0 radical (unpaired) electrons. The molecule has 4 atom stereocenters. The Morgan fingerprint density at radius 1 is 1.19 bits per heavy atom. The van der Waals surface area contributed by atoms with Crippen LogP contribution in [0, 0.1) is 5.92 Å². The minimum absolute atomic E-state index is 0.0908. The first-order valence-electron chi connectivity index (χ1n) is 9.27. The second-order valence-electron chi connectivity index (χ2n) is 7.43. The van der Waals surface area contributed by atoms with E-state index in [1.807, 2.05) is 12.1 Å². The maximum Gasteiger partial charge on any atom is 0.283 e. The van der Waals surface area contributed by atoms with Crippen molar-refractivity contribution in [2.75, 3.05) is 13.7 Å². The molecule has 7 nitrogen and oxygen atoms in total. The zero-order valence-corrected chi connectivity index (χ0v) is 15.2. The summed E-state index contributed by atoms with van der Waals surface area (Å²) >= 11 is 0. The summed E-state index contributed by atoms with van der Waals surface area (Å²) in [5.41, 5.74) is 8.43. The molecule has 0 amide bonds. The summed E-state index contributed by atoms with van der Waals surface area (Å²) in [5.74, 6) is 1.02. The van der Waals surface area contributed by atoms with Crippen LogP contribution in [0.1, 0.15) is 24.8 Å². The van der Waals surface area contributed by atoms with Gasteiger partial charge in [0.15, 0.2) is 0 Å². The van der Waals surface area contributed by atoms with Crippen molar-refractivity contribution < 1.29 is 14.2 Å². The van der Waals surface area contributed by atoms with Crippen LogP contribution < -0.4 is 10.5 Å². The Bertz CT molecular complexity index is 888. The Balaban J connectivity index is 1.64. The van der Waals surface area contributed by atoms with E-state index in [0.29, 0.717) is 6.61 Å². The topological polar surface area (TPSA) is 91.8 Å². The molecule has 0 saturated heterocycles. The lowest BCUT2D eigenvalue weighted by Crippen LogP contribution is -2.52. The van der Waals surface area contributed by atoms with Crippen molar-refractivity contribution in [2.24, 2.45) is 16.6 Å². The lowest BCUT2D eigenvalue weighted by atomic mass is 9.67. The fourth-order valence-corrected chi connectivity index (χ4v) is 4.70. The Kier molecular flexibility index (Phi) is 3.79. The van der Waals surface area contributed by atoms with Gasteiger partial charge in [-0.2, -0.15) is 0 Å². The summed E-state index contributed by atoms with van der Waals surface area (Å²) in [5, 5.41) is 0. The molecule has 1 fully saturated rings. The first-order valence-corrected chi connectivity index (χ1v) is 9.27. The molecular weight excluding hydrogens is 344 g/mol. The van der Waals surface area contributed by atoms with Crippen LogP contribution in [0.4, 0.5) is 0 Å². The van der Waals surface area contributed by atoms with Gasteiger partial charge in [0.1, 0.15) is 30.3 Å². The molecule has 27 heavy (non-hydrogen) atoms. The van der Waals surface area contributed by atoms with Crippen molar-refractivity contribution in [3.63, 3.8) is 0 Å². The van der Waals surface area contributed by atoms with Crippen LogP contribution >= 0.6 is 0 Å². The van der Waals surface area contributed by atoms with Crippen LogP contribution in [-0.2, 0) is 15.0 Å². The number of nitrogens with zero attached hydrogens (tertiary/aromatic N) is 3. The quantitative estimate of drug-likeness (QED) is 0.876. The van der Waals surface area contributed by atoms with Crippen LogP contribution in [-0.4, -0.2) is 41.9 Å². The summed E-state index contributed by atoms with van der Waals surface area (Å²) in [4.78, 5) is 13.1. The highest BCUT2D eigenvalue weighted by molar-refractivity contribution is 5.75. The lowest BCUT2D eigenvalue weighted by molar-refractivity contribution is -0.0490. The van der Waals surface area contributed by atoms with E-state index >= 15 is 0 Å². The molecule has 0 bridgehead atoms. The predicted octanol–water partition coefficient (Wildman–Crippen LogP) is 2.26. The molecule has 3 aliphatic rings. The van der Waals surface area contributed by atoms with Gasteiger partial charge in [0.2, 0.25) is 0 Å². The summed E-state index contributed by atoms with van der Waals surface area (Å²) in [6, 6.07) is 6.42. The van der Waals surface area contributed by atoms with E-state index in [2.05, 4.69) is 16.0 Å². The number of rotatable bonds is 2. The van der Waals surface area contributed by atoms with Gasteiger partial charge in [0.05, 0.1) is 6.10 Å². The van der Waals surface area contributed by atoms with Crippen LogP contribution in [0.25, 0.3) is 11.1 Å². The predicted molar refractivity (Wildman–Crippen MR) is 99.3 cm³/mol. The minimum atomic E-state index is -0.537. The molecule has 2 aliphatic heterocycles. The molecule has 1 aromatic carbocycles. The number of aromatic nitrogens is 2. The molecule has 1 aromatic heterocycles. The fraction of sp³-hybridized carbons (Fsp3) is 0.450. The van der Waals surface area contributed by atoms with E-state index in [1.165, 1.54) is 6.33 Å². The smallest absolute Gasteiger partial charge is 0.283 e. The van der Waals surface area contributed by atoms with E-state index in [9.17, 15) is 0 Å². The number of amidine groups is 1. The van der Waals surface area contributed by atoms with Gasteiger partial charge >= 0.3 is 0 Å². The zero-order valence-electron chi connectivity index (χ0n) is 15.2. The number of fused-ring (bicyclic) bond motifs is 4. The molecule has 2 N–H and O–H groups in total. The van der Waals surface area contributed by atoms with Crippen molar-refractivity contribution in [3.8, 4) is 16.9 Å². The van der Waals surface area contributed by atoms with Crippen LogP contribution in [0.15, 0.2) is 41.9 Å². The van der Waals surface area contributed by atoms with Gasteiger partial charge in [-0.15, -0.1) is 0 Å². The van der Waals surface area contributed by atoms with Crippen molar-refractivity contribution in [1.29, 1.82) is 0 Å². The highest BCUT2D eigenvalue weighted by atomic mass is 16.5. The minimum Gasteiger partial charge on any atom is -0.490 e. The standard InChI is InChI=1S/C20H22N4O3/c1-25-14-3-5-18-16(7-14)20(10-26-19(21)24-20)15-6-12(2-4-17(15)27-18)13-8-22-11-23-9-13/h2,4,6,8-9,11,14,16,18H,3,5,7,10H2,1H3,(H2,21,24)/t14-,16+,18+,20?/m1/s1. The second kappa shape index (κ2) is 6.20. The van der Waals surface area contributed by atoms with E-state index < -0.39 is 5.54 Å². The highest BCUT2D eigenvalue weighted by Crippen LogP contribution is 2.53. The van der Waals surface area contributed by atoms with Gasteiger partial charge in [-0.3, -0.25) is 0 Å². The molecule has 1 aliphatic carbocycles. The summed E-state index contributed by atoms with van der Waals surface area (Å²) in [6.45, 7) is 0.432. The summed E-state index contributed by atoms with van der Waals surface area (Å²) < 4.78 is 17.7. The molecule has 5 rings (SSSR count). The van der Waals surface area contributed by atoms with Crippen molar-refractivity contribution in [2.45, 2.75) is 37.0 Å². The number of benzene rings is 1. The number of aliphatic imine (C=N–C) groups is 1. The zero-order chi connectivity index (χ0) is 18.4. The second-order valence-corrected chi connectivity index (χ2v) is 7.43. The van der Waals surface area contributed by atoms with Gasteiger partial charge < -0.3 is 19.9 Å². The SMILES string of the molecule is CO[C@@H]1CC[C@@H]2Oc3ccc(-c4cncnc4)cc3C3(COC(N)=N3)[C@H]2C1. The third-order valence-electron chi connectivity index (χ3n) is 6.05. The average Bonchev–Trinajstić information content (AvgIpc) is 3.11. The molecule has 3 heterocycles. The van der Waals surface area contributed by atoms with E-state index in [1.54, 1.807) is 19.5 Å². The summed E-state index contributed by atoms with van der Waals surface area (Å²) in [6.07, 6.45) is 8.23. The first kappa shape index (κ1) is 16.5. The number of ether oxygens (including phenoxy) is 3. The van der Waals surface area contributed by atoms with Gasteiger partial charge in [0.25, 0.3) is 6.02 Å². The van der Waals surface area contributed by atoms with Gasteiger partial charge in [-0.1, -0.05) is 6.07 Å². The first-order chi connectivity index (χ1) is 13.2. The van der Waals surface area contributed by atoms with Crippen molar-refractivity contribution in [1.82, 2.24) is 9.97 Å². The van der Waals surface area contributed by atoms with Gasteiger partial charge in [0, 0.05) is 36.5 Å². The van der Waals surface area contributed by atoms with Crippen LogP contribution in [0.2, 0.25) is 0 Å². The van der Waals surface area contributed by atoms with Crippen molar-refractivity contribution >= 4 is 6.02 Å². The van der Waals surface area contributed by atoms with Gasteiger partial charge in [-0.05, 0) is 37.0 Å². The molecule has 1 saturated carbocycles. The van der Waals surface area contributed by atoms with Gasteiger partial charge in [-0.25, -0.2) is 15.0 Å². The molecular formula is C20H22N4O3. The Morgan fingerprint density at radius 3 is 2.78 bits per heavy atom. The maximum atomic E-state index is 6.39. The Labute approximate surface area is 157 Å². The number of nitrogens with two attached hydrogens (primary N) is 1. The van der Waals surface area contributed by atoms with Crippen LogP contribution in [0.3, 0.4) is 0 Å². The third kappa shape index (κ3) is 2.56. The Hall–Kier alpha value is -2.67.